The van der Waals surface area contributed by atoms with Gasteiger partial charge in [0.05, 0.1) is 12.4 Å². The number of nitrogens with one attached hydrogen (secondary N) is 6. The molecule has 1 aromatic heterocycles. The summed E-state index contributed by atoms with van der Waals surface area (Å²) >= 11 is 0. The molecule has 0 aliphatic carbocycles. The third kappa shape index (κ3) is 27.3. The summed E-state index contributed by atoms with van der Waals surface area (Å²) in [5.74, 6) is -8.80. The molecule has 1 saturated heterocycles. The van der Waals surface area contributed by atoms with Crippen molar-refractivity contribution in [3.63, 3.8) is 0 Å². The van der Waals surface area contributed by atoms with E-state index in [9.17, 15) is 43.8 Å². The van der Waals surface area contributed by atoms with Crippen LogP contribution in [-0.4, -0.2) is 161 Å². The standard InChI is InChI=1S/C46H66N12O9.3C2H4O2/c1-5-27(4)38(57-40(61)33(21-29-15-17-31(59)18-16-29)53-42(63)37(26(2)3)56-39(60)32(47)13-9-19-51-46(48)49)43(64)54-34(23-30-24-50-25-52-30)44(65)58-20-10-14-36(58)41(62)55-35(45(66)67)22-28-11-7-6-8-12-28;3*1-2(3)4/h6-8,11-12,15-18,24-27,32-38,59H,5,9-10,13-14,19-23,47H2,1-4H3,(H,50,52)(H,53,63)(H,54,64)(H,55,62)(H,56,60)(H,57,61)(H,66,67)(H4,48,49,51);3*1H3,(H,3,4)/t27-,32-,33-,34-,35-,36-,37-,38-;;;/m0.../s1. The lowest BCUT2D eigenvalue weighted by Gasteiger charge is -2.32. The molecule has 6 amide bonds. The van der Waals surface area contributed by atoms with E-state index in [1.165, 1.54) is 29.6 Å². The number of carboxylic acids is 4. The summed E-state index contributed by atoms with van der Waals surface area (Å²) in [5.41, 5.74) is 18.6. The Morgan fingerprint density at radius 1 is 0.709 bits per heavy atom. The van der Waals surface area contributed by atoms with Gasteiger partial charge in [0.1, 0.15) is 42.0 Å². The highest BCUT2D eigenvalue weighted by molar-refractivity contribution is 5.97. The first-order chi connectivity index (χ1) is 37.1. The van der Waals surface area contributed by atoms with Gasteiger partial charge in [-0.05, 0) is 60.8 Å². The number of nitrogens with zero attached hydrogens (tertiary/aromatic N) is 3. The smallest absolute Gasteiger partial charge is 0.326 e. The number of carboxylic acid groups (broad SMARTS) is 4. The molecule has 3 aromatic rings. The topological polar surface area (TPSA) is 454 Å². The van der Waals surface area contributed by atoms with E-state index in [1.807, 2.05) is 6.92 Å². The molecule has 0 unspecified atom stereocenters. The fraction of sp³-hybridized carbons (Fsp3) is 0.500. The Balaban J connectivity index is 0.00000235. The van der Waals surface area contributed by atoms with Crippen LogP contribution in [0.1, 0.15) is 97.4 Å². The lowest BCUT2D eigenvalue weighted by molar-refractivity contribution is -0.145. The molecule has 0 spiro atoms. The number of phenolic OH excluding ortho intramolecular Hbond substituents is 1. The normalized spacial score (nSPS) is 15.0. The minimum Gasteiger partial charge on any atom is -0.508 e. The Labute approximate surface area is 457 Å². The molecular formula is C52H78N12O15. The number of amides is 6. The van der Waals surface area contributed by atoms with Crippen LogP contribution < -0.4 is 43.8 Å². The zero-order valence-electron chi connectivity index (χ0n) is 45.5. The van der Waals surface area contributed by atoms with E-state index in [1.54, 1.807) is 63.2 Å². The van der Waals surface area contributed by atoms with Gasteiger partial charge in [0.2, 0.25) is 35.4 Å². The number of hydrogen-bond acceptors (Lipinski definition) is 14. The van der Waals surface area contributed by atoms with Crippen LogP contribution in [0.15, 0.2) is 72.1 Å². The summed E-state index contributed by atoms with van der Waals surface area (Å²) in [5, 5.41) is 55.8. The zero-order chi connectivity index (χ0) is 59.9. The largest absolute Gasteiger partial charge is 0.508 e. The highest BCUT2D eigenvalue weighted by Crippen LogP contribution is 2.21. The van der Waals surface area contributed by atoms with Crippen LogP contribution >= 0.6 is 0 Å². The third-order valence-electron chi connectivity index (χ3n) is 11.7. The van der Waals surface area contributed by atoms with E-state index in [0.717, 1.165) is 20.8 Å². The van der Waals surface area contributed by atoms with Gasteiger partial charge in [-0.1, -0.05) is 76.6 Å². The van der Waals surface area contributed by atoms with Gasteiger partial charge < -0.3 is 79.2 Å². The van der Waals surface area contributed by atoms with Crippen LogP contribution in [0.4, 0.5) is 0 Å². The Kier molecular flexibility index (Phi) is 30.9. The lowest BCUT2D eigenvalue weighted by atomic mass is 9.96. The molecule has 8 atom stereocenters. The molecule has 1 aliphatic heterocycles. The molecule has 0 saturated carbocycles. The zero-order valence-corrected chi connectivity index (χ0v) is 45.5. The van der Waals surface area contributed by atoms with Crippen molar-refractivity contribution in [2.75, 3.05) is 13.1 Å². The number of aliphatic carboxylic acids is 4. The van der Waals surface area contributed by atoms with E-state index in [2.05, 4.69) is 41.5 Å². The number of H-pyrrole nitrogens is 1. The number of aromatic nitrogens is 2. The Bertz CT molecular complexity index is 2430. The van der Waals surface area contributed by atoms with E-state index in [-0.39, 0.29) is 56.9 Å². The number of nitrogens with two attached hydrogens (primary N) is 3. The lowest BCUT2D eigenvalue weighted by Crippen LogP contribution is -2.61. The second-order valence-corrected chi connectivity index (χ2v) is 18.8. The van der Waals surface area contributed by atoms with Gasteiger partial charge in [0, 0.05) is 65.0 Å². The number of rotatable bonds is 25. The fourth-order valence-electron chi connectivity index (χ4n) is 7.64. The maximum Gasteiger partial charge on any atom is 0.326 e. The van der Waals surface area contributed by atoms with E-state index < -0.39 is 113 Å². The quantitative estimate of drug-likeness (QED) is 0.0302. The monoisotopic (exact) mass is 1110 g/mol. The number of aromatic hydroxyl groups is 1. The third-order valence-corrected chi connectivity index (χ3v) is 11.7. The number of guanidine groups is 1. The minimum atomic E-state index is -1.30. The highest BCUT2D eigenvalue weighted by atomic mass is 16.4. The predicted molar refractivity (Wildman–Crippen MR) is 288 cm³/mol. The average Bonchev–Trinajstić information content (AvgIpc) is 4.08. The minimum absolute atomic E-state index is 0.0212. The predicted octanol–water partition coefficient (Wildman–Crippen LogP) is -0.00150. The maximum atomic E-state index is 14.5. The molecule has 27 nitrogen and oxygen atoms in total. The van der Waals surface area contributed by atoms with Gasteiger partial charge in [-0.3, -0.25) is 48.1 Å². The van der Waals surface area contributed by atoms with Crippen LogP contribution in [0.3, 0.4) is 0 Å². The van der Waals surface area contributed by atoms with Crippen molar-refractivity contribution in [3.05, 3.63) is 83.9 Å². The van der Waals surface area contributed by atoms with Gasteiger partial charge in [0.25, 0.3) is 17.9 Å². The molecule has 436 valence electrons. The van der Waals surface area contributed by atoms with Gasteiger partial charge in [-0.2, -0.15) is 0 Å². The van der Waals surface area contributed by atoms with Gasteiger partial charge >= 0.3 is 5.97 Å². The van der Waals surface area contributed by atoms with Gasteiger partial charge in [-0.15, -0.1) is 0 Å². The van der Waals surface area contributed by atoms with E-state index >= 15 is 0 Å². The number of imidazole rings is 1. The molecule has 0 bridgehead atoms. The summed E-state index contributed by atoms with van der Waals surface area (Å²) in [4.78, 5) is 136. The van der Waals surface area contributed by atoms with Crippen molar-refractivity contribution >= 4 is 65.3 Å². The van der Waals surface area contributed by atoms with Crippen molar-refractivity contribution < 1.29 is 73.5 Å². The number of benzene rings is 2. The Morgan fingerprint density at radius 2 is 1.24 bits per heavy atom. The number of likely N-dealkylation sites (tertiary alicyclic amines) is 1. The summed E-state index contributed by atoms with van der Waals surface area (Å²) in [6, 6.07) is 6.64. The van der Waals surface area contributed by atoms with E-state index in [0.29, 0.717) is 36.1 Å². The van der Waals surface area contributed by atoms with Crippen LogP contribution in [0, 0.1) is 11.8 Å². The molecule has 1 fully saturated rings. The summed E-state index contributed by atoms with van der Waals surface area (Å²) < 4.78 is 0. The highest BCUT2D eigenvalue weighted by Gasteiger charge is 2.41. The Morgan fingerprint density at radius 3 is 1.76 bits per heavy atom. The summed E-state index contributed by atoms with van der Waals surface area (Å²) in [7, 11) is 0. The number of hydrogen-bond donors (Lipinski definition) is 14. The maximum absolute atomic E-state index is 14.5. The molecular weight excluding hydrogens is 1030 g/mol. The molecule has 27 heteroatoms. The number of carbonyl (C=O) groups excluding carboxylic acids is 6. The number of carbonyl (C=O) groups is 10. The molecule has 2 aromatic carbocycles. The number of aromatic amines is 1. The second kappa shape index (κ2) is 35.7. The summed E-state index contributed by atoms with van der Waals surface area (Å²) in [6.07, 6.45) is 4.52. The van der Waals surface area contributed by atoms with Crippen molar-refractivity contribution in [1.29, 1.82) is 0 Å². The number of aliphatic imine (C=N–C) groups is 1. The van der Waals surface area contributed by atoms with Crippen molar-refractivity contribution in [3.8, 4) is 5.75 Å². The average molecular weight is 1110 g/mol. The van der Waals surface area contributed by atoms with Crippen LogP contribution in [0.25, 0.3) is 0 Å². The molecule has 17 N–H and O–H groups in total. The van der Waals surface area contributed by atoms with Crippen LogP contribution in [0.5, 0.6) is 5.75 Å². The van der Waals surface area contributed by atoms with Crippen molar-refractivity contribution in [2.45, 2.75) is 142 Å². The molecule has 0 radical (unpaired) electrons. The molecule has 2 heterocycles. The first-order valence-electron chi connectivity index (χ1n) is 25.3. The molecule has 4 rings (SSSR count). The fourth-order valence-corrected chi connectivity index (χ4v) is 7.64. The van der Waals surface area contributed by atoms with Crippen molar-refractivity contribution in [2.24, 2.45) is 34.0 Å². The molecule has 79 heavy (non-hydrogen) atoms. The molecule has 1 aliphatic rings. The van der Waals surface area contributed by atoms with E-state index in [4.69, 9.17) is 46.9 Å². The van der Waals surface area contributed by atoms with Crippen LogP contribution in [-0.2, 0) is 67.2 Å². The SMILES string of the molecule is CC(=O)O.CC(=O)O.CC(=O)O.CC[C@H](C)[C@H](NC(=O)[C@H](Cc1ccc(O)cc1)NC(=O)[C@@H](NC(=O)[C@@H](N)CCCN=C(N)N)C(C)C)C(=O)N[C@@H](Cc1cnc[nH]1)C(=O)N1CCC[C@H]1C(=O)N[C@@H](Cc1ccccc1)C(=O)O. The van der Waals surface area contributed by atoms with Gasteiger partial charge in [0.15, 0.2) is 5.96 Å². The van der Waals surface area contributed by atoms with Gasteiger partial charge in [-0.25, -0.2) is 9.78 Å². The Hall–Kier alpha value is -8.62. The second-order valence-electron chi connectivity index (χ2n) is 18.8. The van der Waals surface area contributed by atoms with Crippen molar-refractivity contribution in [1.82, 2.24) is 41.5 Å². The first kappa shape index (κ1) is 68.4. The number of phenols is 1. The van der Waals surface area contributed by atoms with Crippen LogP contribution in [0.2, 0.25) is 0 Å². The first-order valence-corrected chi connectivity index (χ1v) is 25.3. The summed E-state index contributed by atoms with van der Waals surface area (Å²) in [6.45, 7) is 10.6.